The third-order valence-corrected chi connectivity index (χ3v) is 5.33. The Balaban J connectivity index is 1.73. The van der Waals surface area contributed by atoms with Crippen LogP contribution in [0.15, 0.2) is 47.4 Å². The molecular weight excluding hydrogens is 396 g/mol. The smallest absolute Gasteiger partial charge is 0.322 e. The predicted octanol–water partition coefficient (Wildman–Crippen LogP) is 3.21. The summed E-state index contributed by atoms with van der Waals surface area (Å²) in [5.74, 6) is -1.43. The van der Waals surface area contributed by atoms with Crippen molar-refractivity contribution < 1.29 is 19.5 Å². The number of rotatable bonds is 10. The number of nitrogens with zero attached hydrogens (tertiary/aromatic N) is 1. The minimum Gasteiger partial charge on any atom is -0.480 e. The maximum Gasteiger partial charge on any atom is 0.322 e. The molecule has 1 aromatic carbocycles. The van der Waals surface area contributed by atoms with Crippen LogP contribution in [-0.2, 0) is 14.4 Å². The molecule has 1 aliphatic heterocycles. The summed E-state index contributed by atoms with van der Waals surface area (Å²) in [5, 5.41) is 10.8. The Kier molecular flexibility index (Phi) is 8.90. The van der Waals surface area contributed by atoms with Gasteiger partial charge in [-0.15, -0.1) is 0 Å². The number of hydrogen-bond acceptors (Lipinski definition) is 5. The molecule has 2 N–H and O–H groups in total. The van der Waals surface area contributed by atoms with E-state index >= 15 is 0 Å². The van der Waals surface area contributed by atoms with Gasteiger partial charge in [-0.05, 0) is 24.5 Å². The van der Waals surface area contributed by atoms with Gasteiger partial charge in [-0.2, -0.15) is 0 Å². The van der Waals surface area contributed by atoms with Crippen LogP contribution in [0.2, 0.25) is 0 Å². The molecule has 0 saturated carbocycles. The molecule has 0 aromatic heterocycles. The van der Waals surface area contributed by atoms with Crippen LogP contribution in [0.25, 0.3) is 6.08 Å². The van der Waals surface area contributed by atoms with E-state index in [4.69, 9.17) is 17.3 Å². The number of amides is 2. The fourth-order valence-corrected chi connectivity index (χ4v) is 3.77. The molecule has 8 heteroatoms. The van der Waals surface area contributed by atoms with Crippen molar-refractivity contribution in [3.8, 4) is 0 Å². The Hall–Kier alpha value is -2.45. The fourth-order valence-electron chi connectivity index (χ4n) is 2.51. The first-order valence-corrected chi connectivity index (χ1v) is 10.2. The van der Waals surface area contributed by atoms with Gasteiger partial charge in [0.2, 0.25) is 5.91 Å². The summed E-state index contributed by atoms with van der Waals surface area (Å²) in [4.78, 5) is 36.5. The Morgan fingerprint density at radius 2 is 1.93 bits per heavy atom. The minimum atomic E-state index is -1.06. The molecule has 1 fully saturated rings. The summed E-state index contributed by atoms with van der Waals surface area (Å²) in [6.45, 7) is 0.154. The van der Waals surface area contributed by atoms with E-state index in [0.29, 0.717) is 22.2 Å². The number of carboxylic acid groups (broad SMARTS) is 1. The highest BCUT2D eigenvalue weighted by atomic mass is 32.2. The predicted molar refractivity (Wildman–Crippen MR) is 115 cm³/mol. The number of hydrogen-bond donors (Lipinski definition) is 2. The van der Waals surface area contributed by atoms with E-state index in [9.17, 15) is 14.4 Å². The van der Waals surface area contributed by atoms with E-state index < -0.39 is 5.97 Å². The van der Waals surface area contributed by atoms with Crippen LogP contribution in [0.4, 0.5) is 0 Å². The average Bonchev–Trinajstić information content (AvgIpc) is 2.94. The molecule has 2 amide bonds. The van der Waals surface area contributed by atoms with Gasteiger partial charge in [0, 0.05) is 13.0 Å². The van der Waals surface area contributed by atoms with Crippen molar-refractivity contribution in [3.05, 3.63) is 53.0 Å². The summed E-state index contributed by atoms with van der Waals surface area (Å²) in [6.07, 6.45) is 7.94. The number of benzene rings is 1. The molecule has 0 aliphatic carbocycles. The summed E-state index contributed by atoms with van der Waals surface area (Å²) in [7, 11) is 0. The van der Waals surface area contributed by atoms with Crippen molar-refractivity contribution in [1.82, 2.24) is 10.2 Å². The highest BCUT2D eigenvalue weighted by Crippen LogP contribution is 2.31. The topological polar surface area (TPSA) is 86.7 Å². The maximum absolute atomic E-state index is 12.5. The molecule has 0 radical (unpaired) electrons. The van der Waals surface area contributed by atoms with Gasteiger partial charge in [0.25, 0.3) is 5.91 Å². The number of thiocarbonyl (C=S) groups is 1. The highest BCUT2D eigenvalue weighted by molar-refractivity contribution is 8.26. The molecule has 1 aromatic rings. The second-order valence-corrected chi connectivity index (χ2v) is 7.78. The summed E-state index contributed by atoms with van der Waals surface area (Å²) >= 11 is 6.59. The first-order valence-electron chi connectivity index (χ1n) is 8.93. The third kappa shape index (κ3) is 7.28. The van der Waals surface area contributed by atoms with Gasteiger partial charge >= 0.3 is 5.97 Å². The zero-order valence-electron chi connectivity index (χ0n) is 15.3. The maximum atomic E-state index is 12.5. The van der Waals surface area contributed by atoms with E-state index in [1.807, 2.05) is 42.5 Å². The molecule has 1 saturated heterocycles. The van der Waals surface area contributed by atoms with E-state index in [-0.39, 0.29) is 24.8 Å². The second-order valence-electron chi connectivity index (χ2n) is 6.11. The zero-order valence-corrected chi connectivity index (χ0v) is 16.9. The van der Waals surface area contributed by atoms with Crippen molar-refractivity contribution in [2.24, 2.45) is 0 Å². The number of carboxylic acids is 1. The van der Waals surface area contributed by atoms with Crippen LogP contribution < -0.4 is 5.32 Å². The van der Waals surface area contributed by atoms with Crippen molar-refractivity contribution in [2.75, 3.05) is 13.1 Å². The Labute approximate surface area is 173 Å². The van der Waals surface area contributed by atoms with Crippen molar-refractivity contribution in [1.29, 1.82) is 0 Å². The van der Waals surface area contributed by atoms with Crippen LogP contribution in [-0.4, -0.2) is 45.2 Å². The number of unbranched alkanes of at least 4 members (excludes halogenated alkanes) is 2. The lowest BCUT2D eigenvalue weighted by molar-refractivity contribution is -0.137. The van der Waals surface area contributed by atoms with E-state index in [0.717, 1.165) is 18.4 Å². The van der Waals surface area contributed by atoms with Gasteiger partial charge in [-0.3, -0.25) is 19.3 Å². The van der Waals surface area contributed by atoms with Gasteiger partial charge in [0.05, 0.1) is 4.91 Å². The van der Waals surface area contributed by atoms with Crippen molar-refractivity contribution >= 4 is 52.2 Å². The second kappa shape index (κ2) is 11.4. The Morgan fingerprint density at radius 3 is 2.64 bits per heavy atom. The van der Waals surface area contributed by atoms with Gasteiger partial charge < -0.3 is 10.4 Å². The Bertz CT molecular complexity index is 791. The SMILES string of the molecule is O=C(O)CNC(=O)CCCCCN1C(=O)/C(=C/C=C/c2ccccc2)SC1=S. The standard InChI is InChI=1S/C20H22N2O4S2/c23-17(21-14-18(24)25)12-5-2-6-13-22-19(26)16(28-20(22)27)11-7-10-15-8-3-1-4-9-15/h1,3-4,7-11H,2,5-6,12-14H2,(H,21,23)(H,24,25)/b10-7+,16-11-. The van der Waals surface area contributed by atoms with Gasteiger partial charge in [-0.1, -0.05) is 72.9 Å². The lowest BCUT2D eigenvalue weighted by Crippen LogP contribution is -2.29. The molecule has 0 unspecified atom stereocenters. The van der Waals surface area contributed by atoms with E-state index in [1.165, 1.54) is 11.8 Å². The van der Waals surface area contributed by atoms with Crippen LogP contribution in [0.5, 0.6) is 0 Å². The third-order valence-electron chi connectivity index (χ3n) is 3.93. The molecule has 1 aliphatic rings. The first kappa shape index (κ1) is 21.8. The van der Waals surface area contributed by atoms with Crippen LogP contribution in [0.1, 0.15) is 31.2 Å². The van der Waals surface area contributed by atoms with Crippen LogP contribution in [0.3, 0.4) is 0 Å². The fraction of sp³-hybridized carbons (Fsp3) is 0.300. The number of aliphatic carboxylic acids is 1. The number of allylic oxidation sites excluding steroid dienone is 2. The van der Waals surface area contributed by atoms with Crippen molar-refractivity contribution in [3.63, 3.8) is 0 Å². The summed E-state index contributed by atoms with van der Waals surface area (Å²) in [6, 6.07) is 9.82. The lowest BCUT2D eigenvalue weighted by Gasteiger charge is -2.13. The molecule has 6 nitrogen and oxygen atoms in total. The van der Waals surface area contributed by atoms with Gasteiger partial charge in [0.1, 0.15) is 10.9 Å². The monoisotopic (exact) mass is 418 g/mol. The van der Waals surface area contributed by atoms with Gasteiger partial charge in [-0.25, -0.2) is 0 Å². The summed E-state index contributed by atoms with van der Waals surface area (Å²) in [5.41, 5.74) is 1.06. The molecule has 2 rings (SSSR count). The number of thioether (sulfide) groups is 1. The van der Waals surface area contributed by atoms with E-state index in [1.54, 1.807) is 11.0 Å². The minimum absolute atomic E-state index is 0.0908. The normalized spacial score (nSPS) is 15.6. The molecule has 1 heterocycles. The Morgan fingerprint density at radius 1 is 1.18 bits per heavy atom. The van der Waals surface area contributed by atoms with E-state index in [2.05, 4.69) is 5.32 Å². The van der Waals surface area contributed by atoms with Crippen molar-refractivity contribution in [2.45, 2.75) is 25.7 Å². The quantitative estimate of drug-likeness (QED) is 0.345. The molecule has 28 heavy (non-hydrogen) atoms. The number of carbonyl (C=O) groups is 3. The van der Waals surface area contributed by atoms with Crippen LogP contribution in [0, 0.1) is 0 Å². The number of carbonyl (C=O) groups excluding carboxylic acids is 2. The highest BCUT2D eigenvalue weighted by Gasteiger charge is 2.30. The van der Waals surface area contributed by atoms with Gasteiger partial charge in [0.15, 0.2) is 0 Å². The van der Waals surface area contributed by atoms with Crippen LogP contribution >= 0.6 is 24.0 Å². The zero-order chi connectivity index (χ0) is 20.4. The molecule has 0 bridgehead atoms. The largest absolute Gasteiger partial charge is 0.480 e. The first-order chi connectivity index (χ1) is 13.5. The molecule has 148 valence electrons. The molecule has 0 atom stereocenters. The average molecular weight is 419 g/mol. The number of nitrogens with one attached hydrogen (secondary N) is 1. The lowest BCUT2D eigenvalue weighted by atomic mass is 10.2. The molecule has 0 spiro atoms. The summed E-state index contributed by atoms with van der Waals surface area (Å²) < 4.78 is 0.545. The molecular formula is C20H22N2O4S2.